The number of nitrogen functional groups attached to an aromatic ring is 2. The van der Waals surface area contributed by atoms with Crippen molar-refractivity contribution < 1.29 is 4.74 Å². The maximum absolute atomic E-state index is 5.64. The number of imidazole rings is 1. The number of hydrogen-bond donors (Lipinski definition) is 3. The number of hydrogen-bond acceptors (Lipinski definition) is 4. The lowest BCUT2D eigenvalue weighted by molar-refractivity contribution is 0.419. The van der Waals surface area contributed by atoms with Gasteiger partial charge in [0.05, 0.1) is 12.6 Å². The van der Waals surface area contributed by atoms with Crippen molar-refractivity contribution in [3.63, 3.8) is 0 Å². The predicted octanol–water partition coefficient (Wildman–Crippen LogP) is 0.736. The first-order chi connectivity index (χ1) is 6.20. The molecule has 2 rings (SSSR count). The SMILES string of the molecule is COc1cc(N)cc2[nH]c(N)nc12. The molecule has 0 aliphatic heterocycles. The van der Waals surface area contributed by atoms with Crippen LogP contribution in [0.2, 0.25) is 0 Å². The maximum atomic E-state index is 5.64. The summed E-state index contributed by atoms with van der Waals surface area (Å²) < 4.78 is 5.10. The molecule has 5 heteroatoms. The summed E-state index contributed by atoms with van der Waals surface area (Å²) >= 11 is 0. The molecule has 0 saturated heterocycles. The molecule has 0 aliphatic carbocycles. The third kappa shape index (κ3) is 1.14. The van der Waals surface area contributed by atoms with Gasteiger partial charge in [-0.3, -0.25) is 0 Å². The van der Waals surface area contributed by atoms with Crippen molar-refractivity contribution in [3.05, 3.63) is 12.1 Å². The number of nitrogens with one attached hydrogen (secondary N) is 1. The predicted molar refractivity (Wildman–Crippen MR) is 51.5 cm³/mol. The second kappa shape index (κ2) is 2.55. The Kier molecular flexibility index (Phi) is 1.51. The van der Waals surface area contributed by atoms with E-state index in [9.17, 15) is 0 Å². The molecule has 0 saturated carbocycles. The van der Waals surface area contributed by atoms with E-state index in [1.807, 2.05) is 0 Å². The van der Waals surface area contributed by atoms with Crippen LogP contribution >= 0.6 is 0 Å². The van der Waals surface area contributed by atoms with Crippen LogP contribution in [0.3, 0.4) is 0 Å². The molecule has 1 aromatic heterocycles. The summed E-state index contributed by atoms with van der Waals surface area (Å²) in [4.78, 5) is 6.95. The summed E-state index contributed by atoms with van der Waals surface area (Å²) in [6.07, 6.45) is 0. The van der Waals surface area contributed by atoms with Gasteiger partial charge in [0, 0.05) is 11.8 Å². The lowest BCUT2D eigenvalue weighted by Gasteiger charge is -2.01. The van der Waals surface area contributed by atoms with E-state index in [2.05, 4.69) is 9.97 Å². The standard InChI is InChI=1S/C8H10N4O/c1-13-6-3-4(9)2-5-7(6)12-8(10)11-5/h2-3H,9H2,1H3,(H3,10,11,12). The van der Waals surface area contributed by atoms with Crippen LogP contribution in [0.4, 0.5) is 11.6 Å². The maximum Gasteiger partial charge on any atom is 0.198 e. The average molecular weight is 178 g/mol. The number of H-pyrrole nitrogens is 1. The molecular weight excluding hydrogens is 168 g/mol. The van der Waals surface area contributed by atoms with Crippen molar-refractivity contribution in [1.82, 2.24) is 9.97 Å². The third-order valence-corrected chi connectivity index (χ3v) is 1.81. The summed E-state index contributed by atoms with van der Waals surface area (Å²) in [7, 11) is 1.57. The van der Waals surface area contributed by atoms with Gasteiger partial charge in [-0.25, -0.2) is 4.98 Å². The van der Waals surface area contributed by atoms with Gasteiger partial charge in [-0.15, -0.1) is 0 Å². The number of anilines is 2. The lowest BCUT2D eigenvalue weighted by Crippen LogP contribution is -1.89. The highest BCUT2D eigenvalue weighted by molar-refractivity contribution is 5.86. The van der Waals surface area contributed by atoms with Crippen LogP contribution < -0.4 is 16.2 Å². The minimum absolute atomic E-state index is 0.360. The molecule has 2 aromatic rings. The highest BCUT2D eigenvalue weighted by Crippen LogP contribution is 2.27. The van der Waals surface area contributed by atoms with Crippen LogP contribution in [0.1, 0.15) is 0 Å². The van der Waals surface area contributed by atoms with Gasteiger partial charge in [0.2, 0.25) is 0 Å². The molecule has 0 atom stereocenters. The molecule has 68 valence electrons. The van der Waals surface area contributed by atoms with E-state index in [4.69, 9.17) is 16.2 Å². The second-order valence-corrected chi connectivity index (χ2v) is 2.74. The van der Waals surface area contributed by atoms with Crippen molar-refractivity contribution in [2.24, 2.45) is 0 Å². The van der Waals surface area contributed by atoms with E-state index in [0.717, 1.165) is 5.52 Å². The Balaban J connectivity index is 2.80. The Morgan fingerprint density at radius 1 is 1.38 bits per heavy atom. The Morgan fingerprint density at radius 2 is 2.15 bits per heavy atom. The zero-order valence-corrected chi connectivity index (χ0v) is 7.16. The van der Waals surface area contributed by atoms with Gasteiger partial charge in [0.15, 0.2) is 5.95 Å². The fraction of sp³-hybridized carbons (Fsp3) is 0.125. The van der Waals surface area contributed by atoms with E-state index in [0.29, 0.717) is 22.9 Å². The number of aromatic amines is 1. The average Bonchev–Trinajstić information content (AvgIpc) is 2.43. The summed E-state index contributed by atoms with van der Waals surface area (Å²) in [6.45, 7) is 0. The van der Waals surface area contributed by atoms with Crippen molar-refractivity contribution in [2.75, 3.05) is 18.6 Å². The quantitative estimate of drug-likeness (QED) is 0.561. The number of benzene rings is 1. The van der Waals surface area contributed by atoms with E-state index in [1.165, 1.54) is 0 Å². The fourth-order valence-corrected chi connectivity index (χ4v) is 1.28. The van der Waals surface area contributed by atoms with Crippen LogP contribution in [-0.4, -0.2) is 17.1 Å². The zero-order chi connectivity index (χ0) is 9.42. The second-order valence-electron chi connectivity index (χ2n) is 2.74. The minimum atomic E-state index is 0.360. The lowest BCUT2D eigenvalue weighted by atomic mass is 10.2. The van der Waals surface area contributed by atoms with Gasteiger partial charge < -0.3 is 21.2 Å². The Morgan fingerprint density at radius 3 is 2.85 bits per heavy atom. The van der Waals surface area contributed by atoms with Crippen molar-refractivity contribution in [1.29, 1.82) is 0 Å². The van der Waals surface area contributed by atoms with Gasteiger partial charge in [0.1, 0.15) is 11.3 Å². The summed E-state index contributed by atoms with van der Waals surface area (Å²) in [5.41, 5.74) is 13.3. The first kappa shape index (κ1) is 7.72. The first-order valence-corrected chi connectivity index (χ1v) is 3.79. The van der Waals surface area contributed by atoms with Gasteiger partial charge in [-0.05, 0) is 6.07 Å². The van der Waals surface area contributed by atoms with Crippen molar-refractivity contribution in [2.45, 2.75) is 0 Å². The smallest absolute Gasteiger partial charge is 0.198 e. The molecule has 5 N–H and O–H groups in total. The largest absolute Gasteiger partial charge is 0.494 e. The number of ether oxygens (including phenoxy) is 1. The van der Waals surface area contributed by atoms with Crippen LogP contribution in [-0.2, 0) is 0 Å². The normalized spacial score (nSPS) is 10.5. The number of rotatable bonds is 1. The first-order valence-electron chi connectivity index (χ1n) is 3.79. The van der Waals surface area contributed by atoms with Crippen molar-refractivity contribution in [3.8, 4) is 5.75 Å². The molecule has 0 amide bonds. The van der Waals surface area contributed by atoms with Gasteiger partial charge in [-0.2, -0.15) is 0 Å². The molecule has 0 bridgehead atoms. The van der Waals surface area contributed by atoms with E-state index < -0.39 is 0 Å². The summed E-state index contributed by atoms with van der Waals surface area (Å²) in [5, 5.41) is 0. The highest BCUT2D eigenvalue weighted by Gasteiger charge is 2.06. The van der Waals surface area contributed by atoms with Crippen LogP contribution in [0, 0.1) is 0 Å². The summed E-state index contributed by atoms with van der Waals surface area (Å²) in [5.74, 6) is 0.988. The Hall–Kier alpha value is -1.91. The van der Waals surface area contributed by atoms with Crippen LogP contribution in [0.5, 0.6) is 5.75 Å². The molecule has 13 heavy (non-hydrogen) atoms. The van der Waals surface area contributed by atoms with Crippen molar-refractivity contribution >= 4 is 22.7 Å². The van der Waals surface area contributed by atoms with Gasteiger partial charge >= 0.3 is 0 Å². The molecule has 5 nitrogen and oxygen atoms in total. The van der Waals surface area contributed by atoms with E-state index in [1.54, 1.807) is 19.2 Å². The number of fused-ring (bicyclic) bond motifs is 1. The molecule has 0 aliphatic rings. The molecular formula is C8H10N4O. The van der Waals surface area contributed by atoms with Crippen LogP contribution in [0.25, 0.3) is 11.0 Å². The molecule has 1 heterocycles. The monoisotopic (exact) mass is 178 g/mol. The fourth-order valence-electron chi connectivity index (χ4n) is 1.28. The molecule has 1 aromatic carbocycles. The number of nitrogens with two attached hydrogens (primary N) is 2. The van der Waals surface area contributed by atoms with Crippen LogP contribution in [0.15, 0.2) is 12.1 Å². The molecule has 0 radical (unpaired) electrons. The Labute approximate surface area is 74.7 Å². The van der Waals surface area contributed by atoms with Gasteiger partial charge in [0.25, 0.3) is 0 Å². The molecule has 0 spiro atoms. The highest BCUT2D eigenvalue weighted by atomic mass is 16.5. The minimum Gasteiger partial charge on any atom is -0.494 e. The number of aromatic nitrogens is 2. The topological polar surface area (TPSA) is 90.0 Å². The molecule has 0 fully saturated rings. The number of nitrogens with zero attached hydrogens (tertiary/aromatic N) is 1. The van der Waals surface area contributed by atoms with E-state index in [-0.39, 0.29) is 0 Å². The van der Waals surface area contributed by atoms with Gasteiger partial charge in [-0.1, -0.05) is 0 Å². The zero-order valence-electron chi connectivity index (χ0n) is 7.16. The van der Waals surface area contributed by atoms with E-state index >= 15 is 0 Å². The third-order valence-electron chi connectivity index (χ3n) is 1.81. The Bertz CT molecular complexity index is 449. The summed E-state index contributed by atoms with van der Waals surface area (Å²) in [6, 6.07) is 3.48. The number of methoxy groups -OCH3 is 1. The molecule has 0 unspecified atom stereocenters.